The van der Waals surface area contributed by atoms with E-state index in [1.54, 1.807) is 16.9 Å². The van der Waals surface area contributed by atoms with Gasteiger partial charge in [-0.05, 0) is 13.8 Å². The van der Waals surface area contributed by atoms with E-state index >= 15 is 0 Å². The Morgan fingerprint density at radius 2 is 2.41 bits per heavy atom. The number of amides is 1. The first-order valence-corrected chi connectivity index (χ1v) is 5.77. The van der Waals surface area contributed by atoms with Crippen LogP contribution >= 0.6 is 0 Å². The summed E-state index contributed by atoms with van der Waals surface area (Å²) in [7, 11) is 0. The number of rotatable bonds is 3. The lowest BCUT2D eigenvalue weighted by Gasteiger charge is -2.15. The van der Waals surface area contributed by atoms with Gasteiger partial charge in [-0.3, -0.25) is 4.79 Å². The summed E-state index contributed by atoms with van der Waals surface area (Å²) in [6, 6.07) is 1.76. The van der Waals surface area contributed by atoms with Crippen LogP contribution in [0.3, 0.4) is 0 Å². The highest BCUT2D eigenvalue weighted by Gasteiger charge is 2.31. The zero-order valence-electron chi connectivity index (χ0n) is 10.1. The topological polar surface area (TPSA) is 82.2 Å². The fraction of sp³-hybridized carbons (Fsp3) is 0.636. The van der Waals surface area contributed by atoms with Gasteiger partial charge in [0.2, 0.25) is 5.91 Å². The van der Waals surface area contributed by atoms with E-state index in [1.807, 2.05) is 13.8 Å². The zero-order chi connectivity index (χ0) is 12.4. The second-order valence-corrected chi connectivity index (χ2v) is 4.55. The molecule has 94 valence electrons. The largest absolute Gasteiger partial charge is 0.379 e. The van der Waals surface area contributed by atoms with Crippen LogP contribution in [0.5, 0.6) is 0 Å². The van der Waals surface area contributed by atoms with Gasteiger partial charge in [0.05, 0.1) is 25.3 Å². The quantitative estimate of drug-likeness (QED) is 0.797. The number of anilines is 1. The molecule has 0 spiro atoms. The summed E-state index contributed by atoms with van der Waals surface area (Å²) in [5.74, 6) is 0.326. The minimum atomic E-state index is -0.273. The second-order valence-electron chi connectivity index (χ2n) is 4.55. The van der Waals surface area contributed by atoms with Crippen molar-refractivity contribution < 1.29 is 9.53 Å². The third-order valence-corrected chi connectivity index (χ3v) is 2.87. The van der Waals surface area contributed by atoms with Gasteiger partial charge in [-0.1, -0.05) is 0 Å². The van der Waals surface area contributed by atoms with Crippen molar-refractivity contribution in [1.82, 2.24) is 9.78 Å². The molecule has 2 atom stereocenters. The normalized spacial score (nSPS) is 24.2. The number of aromatic nitrogens is 2. The van der Waals surface area contributed by atoms with Gasteiger partial charge in [0.25, 0.3) is 0 Å². The Morgan fingerprint density at radius 3 is 3.00 bits per heavy atom. The van der Waals surface area contributed by atoms with E-state index in [4.69, 9.17) is 10.5 Å². The molecule has 0 radical (unpaired) electrons. The number of ether oxygens (including phenoxy) is 1. The average Bonchev–Trinajstić information content (AvgIpc) is 2.86. The smallest absolute Gasteiger partial charge is 0.232 e. The zero-order valence-corrected chi connectivity index (χ0v) is 10.1. The molecule has 17 heavy (non-hydrogen) atoms. The van der Waals surface area contributed by atoms with E-state index in [0.29, 0.717) is 19.0 Å². The van der Waals surface area contributed by atoms with E-state index in [2.05, 4.69) is 10.4 Å². The van der Waals surface area contributed by atoms with Crippen LogP contribution in [-0.4, -0.2) is 34.9 Å². The van der Waals surface area contributed by atoms with Gasteiger partial charge in [-0.15, -0.1) is 0 Å². The lowest BCUT2D eigenvalue weighted by molar-refractivity contribution is -0.120. The predicted octanol–water partition coefficient (Wildman–Crippen LogP) is 0.376. The molecule has 6 nitrogen and oxygen atoms in total. The molecule has 2 rings (SSSR count). The summed E-state index contributed by atoms with van der Waals surface area (Å²) in [4.78, 5) is 12.0. The lowest BCUT2D eigenvalue weighted by atomic mass is 10.0. The van der Waals surface area contributed by atoms with Crippen molar-refractivity contribution in [2.75, 3.05) is 18.5 Å². The predicted molar refractivity (Wildman–Crippen MR) is 63.5 cm³/mol. The molecule has 0 bridgehead atoms. The molecule has 1 aromatic heterocycles. The van der Waals surface area contributed by atoms with E-state index in [9.17, 15) is 4.79 Å². The first-order valence-electron chi connectivity index (χ1n) is 5.77. The third kappa shape index (κ3) is 2.48. The highest BCUT2D eigenvalue weighted by atomic mass is 16.5. The Labute approximate surface area is 100 Å². The van der Waals surface area contributed by atoms with E-state index < -0.39 is 0 Å². The molecule has 0 aromatic carbocycles. The first kappa shape index (κ1) is 12.1. The Hall–Kier alpha value is -1.40. The van der Waals surface area contributed by atoms with Crippen LogP contribution in [0.4, 0.5) is 5.82 Å². The maximum atomic E-state index is 12.0. The molecular formula is C11H18N4O2. The van der Waals surface area contributed by atoms with Crippen molar-refractivity contribution in [2.24, 2.45) is 11.7 Å². The average molecular weight is 238 g/mol. The number of nitrogens with zero attached hydrogens (tertiary/aromatic N) is 2. The standard InChI is InChI=1S/C11H18N4O2/c1-7(2)15-10(3-4-13-15)14-11(16)8-5-17-6-9(8)12/h3-4,7-9H,5-6,12H2,1-2H3,(H,14,16). The second kappa shape index (κ2) is 4.85. The van der Waals surface area contributed by atoms with Crippen molar-refractivity contribution in [3.05, 3.63) is 12.3 Å². The van der Waals surface area contributed by atoms with Crippen LogP contribution in [0.15, 0.2) is 12.3 Å². The summed E-state index contributed by atoms with van der Waals surface area (Å²) in [5, 5.41) is 7.00. The summed E-state index contributed by atoms with van der Waals surface area (Å²) in [5.41, 5.74) is 5.80. The van der Waals surface area contributed by atoms with Crippen LogP contribution in [0, 0.1) is 5.92 Å². The van der Waals surface area contributed by atoms with Crippen LogP contribution in [-0.2, 0) is 9.53 Å². The number of carbonyl (C=O) groups excluding carboxylic acids is 1. The van der Waals surface area contributed by atoms with Crippen molar-refractivity contribution in [3.63, 3.8) is 0 Å². The maximum absolute atomic E-state index is 12.0. The minimum absolute atomic E-state index is 0.0996. The Morgan fingerprint density at radius 1 is 1.65 bits per heavy atom. The lowest BCUT2D eigenvalue weighted by Crippen LogP contribution is -2.37. The minimum Gasteiger partial charge on any atom is -0.379 e. The highest BCUT2D eigenvalue weighted by molar-refractivity contribution is 5.92. The Balaban J connectivity index is 2.05. The van der Waals surface area contributed by atoms with Crippen molar-refractivity contribution >= 4 is 11.7 Å². The fourth-order valence-corrected chi connectivity index (χ4v) is 1.88. The van der Waals surface area contributed by atoms with Crippen molar-refractivity contribution in [3.8, 4) is 0 Å². The van der Waals surface area contributed by atoms with Gasteiger partial charge in [0.1, 0.15) is 5.82 Å². The molecule has 1 amide bonds. The van der Waals surface area contributed by atoms with Gasteiger partial charge in [-0.2, -0.15) is 5.10 Å². The maximum Gasteiger partial charge on any atom is 0.232 e. The van der Waals surface area contributed by atoms with E-state index in [1.165, 1.54) is 0 Å². The molecule has 0 aliphatic carbocycles. The molecule has 1 saturated heterocycles. The summed E-state index contributed by atoms with van der Waals surface area (Å²) in [6.07, 6.45) is 1.67. The summed E-state index contributed by atoms with van der Waals surface area (Å²) < 4.78 is 6.94. The molecule has 2 heterocycles. The number of carbonyl (C=O) groups is 1. The van der Waals surface area contributed by atoms with Crippen molar-refractivity contribution in [1.29, 1.82) is 0 Å². The van der Waals surface area contributed by atoms with Crippen LogP contribution in [0.25, 0.3) is 0 Å². The number of nitrogens with one attached hydrogen (secondary N) is 1. The van der Waals surface area contributed by atoms with Gasteiger partial charge >= 0.3 is 0 Å². The first-order chi connectivity index (χ1) is 8.09. The summed E-state index contributed by atoms with van der Waals surface area (Å²) in [6.45, 7) is 4.85. The van der Waals surface area contributed by atoms with Crippen molar-refractivity contribution in [2.45, 2.75) is 25.9 Å². The monoisotopic (exact) mass is 238 g/mol. The molecule has 1 aromatic rings. The van der Waals surface area contributed by atoms with Gasteiger partial charge in [0.15, 0.2) is 0 Å². The number of nitrogens with two attached hydrogens (primary N) is 1. The van der Waals surface area contributed by atoms with Gasteiger partial charge < -0.3 is 15.8 Å². The molecule has 1 fully saturated rings. The third-order valence-electron chi connectivity index (χ3n) is 2.87. The van der Waals surface area contributed by atoms with Crippen LogP contribution in [0.2, 0.25) is 0 Å². The van der Waals surface area contributed by atoms with Crippen LogP contribution < -0.4 is 11.1 Å². The molecule has 6 heteroatoms. The highest BCUT2D eigenvalue weighted by Crippen LogP contribution is 2.17. The SMILES string of the molecule is CC(C)n1nccc1NC(=O)C1COCC1N. The van der Waals surface area contributed by atoms with Crippen LogP contribution in [0.1, 0.15) is 19.9 Å². The van der Waals surface area contributed by atoms with Gasteiger partial charge in [0, 0.05) is 18.2 Å². The Bertz CT molecular complexity index is 402. The number of hydrogen-bond donors (Lipinski definition) is 2. The molecule has 2 unspecified atom stereocenters. The Kier molecular flexibility index (Phi) is 3.44. The molecule has 3 N–H and O–H groups in total. The molecule has 1 aliphatic heterocycles. The molecule has 1 aliphatic rings. The number of hydrogen-bond acceptors (Lipinski definition) is 4. The molecule has 0 saturated carbocycles. The molecular weight excluding hydrogens is 220 g/mol. The summed E-state index contributed by atoms with van der Waals surface area (Å²) >= 11 is 0. The van der Waals surface area contributed by atoms with Gasteiger partial charge in [-0.25, -0.2) is 4.68 Å². The fourth-order valence-electron chi connectivity index (χ4n) is 1.88. The van der Waals surface area contributed by atoms with E-state index in [-0.39, 0.29) is 23.9 Å². The van der Waals surface area contributed by atoms with E-state index in [0.717, 1.165) is 0 Å².